The number of aliphatic imine (C=N–C) groups is 1. The summed E-state index contributed by atoms with van der Waals surface area (Å²) in [5.74, 6) is 2.73. The fraction of sp³-hybridized carbons (Fsp3) is 0.458. The van der Waals surface area contributed by atoms with E-state index in [0.717, 1.165) is 49.7 Å². The van der Waals surface area contributed by atoms with Crippen LogP contribution in [-0.4, -0.2) is 55.2 Å². The van der Waals surface area contributed by atoms with Crippen LogP contribution in [0.25, 0.3) is 0 Å². The number of guanidine groups is 1. The molecule has 2 aromatic rings. The Morgan fingerprint density at radius 3 is 2.53 bits per heavy atom. The lowest BCUT2D eigenvalue weighted by molar-refractivity contribution is -0.146. The molecular weight excluding hydrogens is 408 g/mol. The first kappa shape index (κ1) is 23.4. The van der Waals surface area contributed by atoms with Gasteiger partial charge in [0.25, 0.3) is 0 Å². The number of esters is 1. The fourth-order valence-electron chi connectivity index (χ4n) is 3.58. The van der Waals surface area contributed by atoms with Crippen LogP contribution in [0.3, 0.4) is 0 Å². The van der Waals surface area contributed by atoms with E-state index in [9.17, 15) is 4.79 Å². The van der Waals surface area contributed by atoms with Gasteiger partial charge in [0, 0.05) is 31.9 Å². The number of benzene rings is 1. The summed E-state index contributed by atoms with van der Waals surface area (Å²) in [5, 5.41) is 3.35. The van der Waals surface area contributed by atoms with Crippen LogP contribution in [0.2, 0.25) is 0 Å². The molecule has 1 aliphatic heterocycles. The van der Waals surface area contributed by atoms with Crippen LogP contribution in [0.1, 0.15) is 32.3 Å². The zero-order valence-corrected chi connectivity index (χ0v) is 19.0. The average molecular weight is 441 g/mol. The average Bonchev–Trinajstić information content (AvgIpc) is 2.83. The zero-order valence-electron chi connectivity index (χ0n) is 19.0. The second kappa shape index (κ2) is 11.9. The molecule has 1 aliphatic rings. The third-order valence-corrected chi connectivity index (χ3v) is 5.23. The molecule has 8 nitrogen and oxygen atoms in total. The molecule has 8 heteroatoms. The van der Waals surface area contributed by atoms with Gasteiger partial charge in [0.1, 0.15) is 11.5 Å². The summed E-state index contributed by atoms with van der Waals surface area (Å²) < 4.78 is 16.2. The Kier molecular flexibility index (Phi) is 8.71. The van der Waals surface area contributed by atoms with Gasteiger partial charge in [0.15, 0.2) is 5.96 Å². The Bertz CT molecular complexity index is 893. The lowest BCUT2D eigenvalue weighted by atomic mass is 9.97. The molecule has 2 heterocycles. The number of aromatic nitrogens is 1. The molecule has 3 rings (SSSR count). The molecule has 1 fully saturated rings. The van der Waals surface area contributed by atoms with Crippen molar-refractivity contribution in [2.24, 2.45) is 10.9 Å². The summed E-state index contributed by atoms with van der Waals surface area (Å²) in [7, 11) is 1.45. The predicted octanol–water partition coefficient (Wildman–Crippen LogP) is 3.62. The largest absolute Gasteiger partial charge is 0.494 e. The predicted molar refractivity (Wildman–Crippen MR) is 123 cm³/mol. The molecule has 0 atom stereocenters. The van der Waals surface area contributed by atoms with Gasteiger partial charge in [-0.15, -0.1) is 0 Å². The number of carbonyl (C=O) groups is 1. The SMILES string of the molecule is CCNC(=NCc1ccnc(Oc2ccc(OCC)cc2)c1)N1CCC(C(=O)OC)CC1. The van der Waals surface area contributed by atoms with E-state index in [-0.39, 0.29) is 11.9 Å². The van der Waals surface area contributed by atoms with Crippen molar-refractivity contribution in [1.82, 2.24) is 15.2 Å². The van der Waals surface area contributed by atoms with Crippen LogP contribution in [0.15, 0.2) is 47.6 Å². The van der Waals surface area contributed by atoms with Crippen LogP contribution in [-0.2, 0) is 16.1 Å². The van der Waals surface area contributed by atoms with Crippen molar-refractivity contribution in [3.8, 4) is 17.4 Å². The Balaban J connectivity index is 1.61. The maximum atomic E-state index is 11.8. The maximum Gasteiger partial charge on any atom is 0.308 e. The first-order valence-electron chi connectivity index (χ1n) is 11.1. The quantitative estimate of drug-likeness (QED) is 0.381. The van der Waals surface area contributed by atoms with Gasteiger partial charge in [-0.1, -0.05) is 0 Å². The van der Waals surface area contributed by atoms with Gasteiger partial charge in [-0.05, 0) is 62.6 Å². The molecule has 172 valence electrons. The van der Waals surface area contributed by atoms with E-state index >= 15 is 0 Å². The Morgan fingerprint density at radius 2 is 1.88 bits per heavy atom. The van der Waals surface area contributed by atoms with Gasteiger partial charge in [0.05, 0.1) is 26.2 Å². The minimum atomic E-state index is -0.122. The highest BCUT2D eigenvalue weighted by molar-refractivity contribution is 5.80. The second-order valence-electron chi connectivity index (χ2n) is 7.46. The number of likely N-dealkylation sites (tertiary alicyclic amines) is 1. The van der Waals surface area contributed by atoms with Gasteiger partial charge >= 0.3 is 5.97 Å². The van der Waals surface area contributed by atoms with Crippen molar-refractivity contribution >= 4 is 11.9 Å². The highest BCUT2D eigenvalue weighted by Gasteiger charge is 2.26. The number of piperidine rings is 1. The summed E-state index contributed by atoms with van der Waals surface area (Å²) in [6.45, 7) is 7.45. The first-order chi connectivity index (χ1) is 15.6. The van der Waals surface area contributed by atoms with Crippen LogP contribution in [0, 0.1) is 5.92 Å². The van der Waals surface area contributed by atoms with E-state index < -0.39 is 0 Å². The summed E-state index contributed by atoms with van der Waals surface area (Å²) in [6, 6.07) is 11.3. The van der Waals surface area contributed by atoms with E-state index in [1.54, 1.807) is 6.20 Å². The summed E-state index contributed by atoms with van der Waals surface area (Å²) in [6.07, 6.45) is 3.27. The fourth-order valence-corrected chi connectivity index (χ4v) is 3.58. The van der Waals surface area contributed by atoms with Crippen LogP contribution < -0.4 is 14.8 Å². The van der Waals surface area contributed by atoms with E-state index in [4.69, 9.17) is 19.2 Å². The highest BCUT2D eigenvalue weighted by Crippen LogP contribution is 2.23. The first-order valence-corrected chi connectivity index (χ1v) is 11.1. The van der Waals surface area contributed by atoms with E-state index in [1.165, 1.54) is 7.11 Å². The van der Waals surface area contributed by atoms with Crippen LogP contribution in [0.5, 0.6) is 17.4 Å². The molecule has 1 aromatic carbocycles. The minimum Gasteiger partial charge on any atom is -0.494 e. The molecule has 0 spiro atoms. The molecule has 32 heavy (non-hydrogen) atoms. The third kappa shape index (κ3) is 6.60. The van der Waals surface area contributed by atoms with Crippen molar-refractivity contribution in [2.75, 3.05) is 33.4 Å². The van der Waals surface area contributed by atoms with Crippen molar-refractivity contribution < 1.29 is 19.0 Å². The summed E-state index contributed by atoms with van der Waals surface area (Å²) >= 11 is 0. The number of nitrogens with zero attached hydrogens (tertiary/aromatic N) is 3. The number of ether oxygens (including phenoxy) is 3. The molecule has 0 amide bonds. The summed E-state index contributed by atoms with van der Waals surface area (Å²) in [4.78, 5) is 23.1. The molecular formula is C24H32N4O4. The van der Waals surface area contributed by atoms with Crippen molar-refractivity contribution in [3.05, 3.63) is 48.2 Å². The molecule has 0 saturated carbocycles. The van der Waals surface area contributed by atoms with Crippen LogP contribution >= 0.6 is 0 Å². The monoisotopic (exact) mass is 440 g/mol. The zero-order chi connectivity index (χ0) is 22.8. The van der Waals surface area contributed by atoms with Crippen molar-refractivity contribution in [3.63, 3.8) is 0 Å². The normalized spacial score (nSPS) is 14.7. The Hall–Kier alpha value is -3.29. The van der Waals surface area contributed by atoms with Gasteiger partial charge in [0.2, 0.25) is 5.88 Å². The number of hydrogen-bond donors (Lipinski definition) is 1. The van der Waals surface area contributed by atoms with Crippen molar-refractivity contribution in [2.45, 2.75) is 33.2 Å². The molecule has 0 bridgehead atoms. The van der Waals surface area contributed by atoms with E-state index in [0.29, 0.717) is 24.8 Å². The topological polar surface area (TPSA) is 85.3 Å². The lowest BCUT2D eigenvalue weighted by Crippen LogP contribution is -2.46. The van der Waals surface area contributed by atoms with Gasteiger partial charge in [-0.25, -0.2) is 9.98 Å². The number of methoxy groups -OCH3 is 1. The lowest BCUT2D eigenvalue weighted by Gasteiger charge is -2.33. The number of hydrogen-bond acceptors (Lipinski definition) is 6. The van der Waals surface area contributed by atoms with E-state index in [2.05, 4.69) is 15.2 Å². The Labute approximate surface area is 189 Å². The minimum absolute atomic E-state index is 0.0263. The maximum absolute atomic E-state index is 11.8. The van der Waals surface area contributed by atoms with Crippen LogP contribution in [0.4, 0.5) is 0 Å². The van der Waals surface area contributed by atoms with Gasteiger partial charge < -0.3 is 24.4 Å². The molecule has 1 saturated heterocycles. The third-order valence-electron chi connectivity index (χ3n) is 5.23. The molecule has 1 N–H and O–H groups in total. The number of carbonyl (C=O) groups excluding carboxylic acids is 1. The number of pyridine rings is 1. The molecule has 0 aliphatic carbocycles. The number of nitrogens with one attached hydrogen (secondary N) is 1. The smallest absolute Gasteiger partial charge is 0.308 e. The number of rotatable bonds is 8. The van der Waals surface area contributed by atoms with Gasteiger partial charge in [-0.2, -0.15) is 0 Å². The highest BCUT2D eigenvalue weighted by atomic mass is 16.5. The van der Waals surface area contributed by atoms with Crippen molar-refractivity contribution in [1.29, 1.82) is 0 Å². The van der Waals surface area contributed by atoms with E-state index in [1.807, 2.05) is 50.2 Å². The molecule has 1 aromatic heterocycles. The molecule has 0 unspecified atom stereocenters. The Morgan fingerprint density at radius 1 is 1.16 bits per heavy atom. The standard InChI is InChI=1S/C24H32N4O4/c1-4-25-24(28-14-11-19(12-15-28)23(29)30-3)27-17-18-10-13-26-22(16-18)32-21-8-6-20(7-9-21)31-5-2/h6-10,13,16,19H,4-5,11-12,14-15,17H2,1-3H3,(H,25,27). The second-order valence-corrected chi connectivity index (χ2v) is 7.46. The van der Waals surface area contributed by atoms with Gasteiger partial charge in [-0.3, -0.25) is 4.79 Å². The summed E-state index contributed by atoms with van der Waals surface area (Å²) in [5.41, 5.74) is 1.00. The molecule has 0 radical (unpaired) electrons.